The third kappa shape index (κ3) is 2.26. The van der Waals surface area contributed by atoms with Gasteiger partial charge >= 0.3 is 0 Å². The SMILES string of the molecule is COc1cc(C(=O)C2CC2(C)C)c(OC)cc1Br. The van der Waals surface area contributed by atoms with Crippen molar-refractivity contribution in [2.45, 2.75) is 20.3 Å². The lowest BCUT2D eigenvalue weighted by atomic mass is 10.0. The number of carbonyl (C=O) groups is 1. The molecule has 1 fully saturated rings. The molecule has 0 spiro atoms. The number of ketones is 1. The summed E-state index contributed by atoms with van der Waals surface area (Å²) >= 11 is 3.39. The largest absolute Gasteiger partial charge is 0.496 e. The number of ether oxygens (including phenoxy) is 2. The molecule has 2 rings (SSSR count). The van der Waals surface area contributed by atoms with Gasteiger partial charge in [-0.05, 0) is 39.9 Å². The van der Waals surface area contributed by atoms with E-state index in [1.54, 1.807) is 26.4 Å². The Labute approximate surface area is 116 Å². The maximum absolute atomic E-state index is 12.4. The van der Waals surface area contributed by atoms with E-state index in [4.69, 9.17) is 9.47 Å². The van der Waals surface area contributed by atoms with Crippen molar-refractivity contribution in [3.63, 3.8) is 0 Å². The van der Waals surface area contributed by atoms with E-state index in [0.29, 0.717) is 17.1 Å². The van der Waals surface area contributed by atoms with Crippen LogP contribution in [-0.2, 0) is 0 Å². The number of carbonyl (C=O) groups excluding carboxylic acids is 1. The number of rotatable bonds is 4. The van der Waals surface area contributed by atoms with Crippen molar-refractivity contribution in [2.75, 3.05) is 14.2 Å². The second-order valence-corrected chi connectivity index (χ2v) is 6.15. The van der Waals surface area contributed by atoms with Crippen LogP contribution in [0.3, 0.4) is 0 Å². The highest BCUT2D eigenvalue weighted by Crippen LogP contribution is 2.54. The Balaban J connectivity index is 2.40. The van der Waals surface area contributed by atoms with Crippen molar-refractivity contribution >= 4 is 21.7 Å². The minimum Gasteiger partial charge on any atom is -0.496 e. The Bertz CT molecular complexity index is 494. The predicted molar refractivity (Wildman–Crippen MR) is 73.5 cm³/mol. The lowest BCUT2D eigenvalue weighted by Gasteiger charge is -2.12. The first-order chi connectivity index (χ1) is 8.40. The zero-order valence-corrected chi connectivity index (χ0v) is 12.6. The minimum atomic E-state index is 0.0947. The smallest absolute Gasteiger partial charge is 0.170 e. The van der Waals surface area contributed by atoms with Crippen LogP contribution in [0.4, 0.5) is 0 Å². The number of methoxy groups -OCH3 is 2. The molecule has 0 aromatic heterocycles. The average Bonchev–Trinajstić information content (AvgIpc) is 2.97. The summed E-state index contributed by atoms with van der Waals surface area (Å²) in [5.41, 5.74) is 0.718. The van der Waals surface area contributed by atoms with Gasteiger partial charge in [-0.15, -0.1) is 0 Å². The number of Topliss-reactive ketones (excluding diaryl/α,β-unsaturated/α-hetero) is 1. The topological polar surface area (TPSA) is 35.5 Å². The van der Waals surface area contributed by atoms with Crippen LogP contribution >= 0.6 is 15.9 Å². The van der Waals surface area contributed by atoms with Gasteiger partial charge in [-0.25, -0.2) is 0 Å². The Kier molecular flexibility index (Phi) is 3.41. The molecule has 0 heterocycles. The molecule has 1 aliphatic rings. The summed E-state index contributed by atoms with van der Waals surface area (Å²) in [5, 5.41) is 0. The van der Waals surface area contributed by atoms with Crippen LogP contribution in [-0.4, -0.2) is 20.0 Å². The van der Waals surface area contributed by atoms with Crippen LogP contribution in [0.15, 0.2) is 16.6 Å². The van der Waals surface area contributed by atoms with E-state index in [1.807, 2.05) is 0 Å². The lowest BCUT2D eigenvalue weighted by molar-refractivity contribution is 0.0950. The van der Waals surface area contributed by atoms with Crippen molar-refractivity contribution < 1.29 is 14.3 Å². The summed E-state index contributed by atoms with van der Waals surface area (Å²) in [7, 11) is 3.16. The summed E-state index contributed by atoms with van der Waals surface area (Å²) in [4.78, 5) is 12.4. The van der Waals surface area contributed by atoms with Crippen LogP contribution in [0.5, 0.6) is 11.5 Å². The molecule has 3 nitrogen and oxygen atoms in total. The van der Waals surface area contributed by atoms with E-state index in [0.717, 1.165) is 10.9 Å². The molecule has 1 aromatic rings. The Hall–Kier alpha value is -1.03. The molecule has 1 aromatic carbocycles. The highest BCUT2D eigenvalue weighted by atomic mass is 79.9. The van der Waals surface area contributed by atoms with Gasteiger partial charge < -0.3 is 9.47 Å². The van der Waals surface area contributed by atoms with E-state index in [2.05, 4.69) is 29.8 Å². The van der Waals surface area contributed by atoms with Gasteiger partial charge in [0, 0.05) is 5.92 Å². The summed E-state index contributed by atoms with van der Waals surface area (Å²) in [5.74, 6) is 1.48. The summed E-state index contributed by atoms with van der Waals surface area (Å²) in [6.07, 6.45) is 0.938. The van der Waals surface area contributed by atoms with E-state index < -0.39 is 0 Å². The standard InChI is InChI=1S/C14H17BrO3/c1-14(2)7-9(14)13(16)8-5-12(18-4)10(15)6-11(8)17-3/h5-6,9H,7H2,1-4H3. The molecule has 18 heavy (non-hydrogen) atoms. The molecular weight excluding hydrogens is 296 g/mol. The van der Waals surface area contributed by atoms with Gasteiger partial charge in [0.25, 0.3) is 0 Å². The molecule has 0 bridgehead atoms. The highest BCUT2D eigenvalue weighted by molar-refractivity contribution is 9.10. The lowest BCUT2D eigenvalue weighted by Crippen LogP contribution is -2.08. The molecule has 1 aliphatic carbocycles. The minimum absolute atomic E-state index is 0.0947. The van der Waals surface area contributed by atoms with Gasteiger partial charge in [-0.2, -0.15) is 0 Å². The summed E-state index contributed by atoms with van der Waals surface area (Å²) < 4.78 is 11.3. The second kappa shape index (κ2) is 4.57. The number of benzene rings is 1. The normalized spacial score (nSPS) is 20.4. The quantitative estimate of drug-likeness (QED) is 0.795. The molecule has 0 N–H and O–H groups in total. The highest BCUT2D eigenvalue weighted by Gasteiger charge is 2.51. The van der Waals surface area contributed by atoms with Crippen LogP contribution in [0.1, 0.15) is 30.6 Å². The van der Waals surface area contributed by atoms with Gasteiger partial charge in [0.2, 0.25) is 0 Å². The fraction of sp³-hybridized carbons (Fsp3) is 0.500. The zero-order valence-electron chi connectivity index (χ0n) is 11.0. The van der Waals surface area contributed by atoms with Gasteiger partial charge in [0.15, 0.2) is 5.78 Å². The van der Waals surface area contributed by atoms with Crippen LogP contribution in [0, 0.1) is 11.3 Å². The predicted octanol–water partition coefficient (Wildman–Crippen LogP) is 3.70. The van der Waals surface area contributed by atoms with Crippen molar-refractivity contribution in [3.05, 3.63) is 22.2 Å². The van der Waals surface area contributed by atoms with Crippen LogP contribution in [0.25, 0.3) is 0 Å². The third-order valence-electron chi connectivity index (χ3n) is 3.57. The summed E-state index contributed by atoms with van der Waals surface area (Å²) in [6, 6.07) is 3.53. The monoisotopic (exact) mass is 312 g/mol. The van der Waals surface area contributed by atoms with Gasteiger partial charge in [-0.3, -0.25) is 4.79 Å². The molecule has 0 saturated heterocycles. The molecule has 0 amide bonds. The van der Waals surface area contributed by atoms with E-state index >= 15 is 0 Å². The Morgan fingerprint density at radius 3 is 2.28 bits per heavy atom. The molecular formula is C14H17BrO3. The zero-order chi connectivity index (χ0) is 13.5. The van der Waals surface area contributed by atoms with Gasteiger partial charge in [0.05, 0.1) is 24.3 Å². The number of halogens is 1. The maximum atomic E-state index is 12.4. The fourth-order valence-corrected chi connectivity index (χ4v) is 2.64. The van der Waals surface area contributed by atoms with Crippen molar-refractivity contribution in [2.24, 2.45) is 11.3 Å². The van der Waals surface area contributed by atoms with E-state index in [-0.39, 0.29) is 17.1 Å². The number of hydrogen-bond donors (Lipinski definition) is 0. The molecule has 98 valence electrons. The summed E-state index contributed by atoms with van der Waals surface area (Å²) in [6.45, 7) is 4.22. The molecule has 1 unspecified atom stereocenters. The van der Waals surface area contributed by atoms with Gasteiger partial charge in [0.1, 0.15) is 11.5 Å². The first kappa shape index (κ1) is 13.4. The van der Waals surface area contributed by atoms with E-state index in [9.17, 15) is 4.79 Å². The first-order valence-corrected chi connectivity index (χ1v) is 6.65. The first-order valence-electron chi connectivity index (χ1n) is 5.86. The van der Waals surface area contributed by atoms with Crippen molar-refractivity contribution in [1.82, 2.24) is 0 Å². The Morgan fingerprint density at radius 2 is 1.83 bits per heavy atom. The van der Waals surface area contributed by atoms with Gasteiger partial charge in [-0.1, -0.05) is 13.8 Å². The van der Waals surface area contributed by atoms with E-state index in [1.165, 1.54) is 0 Å². The molecule has 0 aliphatic heterocycles. The molecule has 4 heteroatoms. The molecule has 1 atom stereocenters. The second-order valence-electron chi connectivity index (χ2n) is 5.30. The number of hydrogen-bond acceptors (Lipinski definition) is 3. The average molecular weight is 313 g/mol. The third-order valence-corrected chi connectivity index (χ3v) is 4.19. The van der Waals surface area contributed by atoms with Crippen molar-refractivity contribution in [3.8, 4) is 11.5 Å². The molecule has 1 saturated carbocycles. The maximum Gasteiger partial charge on any atom is 0.170 e. The Morgan fingerprint density at radius 1 is 1.28 bits per heavy atom. The van der Waals surface area contributed by atoms with Crippen LogP contribution < -0.4 is 9.47 Å². The van der Waals surface area contributed by atoms with Crippen molar-refractivity contribution in [1.29, 1.82) is 0 Å². The van der Waals surface area contributed by atoms with Crippen LogP contribution in [0.2, 0.25) is 0 Å². The molecule has 0 radical (unpaired) electrons. The fourth-order valence-electron chi connectivity index (χ4n) is 2.16.